The van der Waals surface area contributed by atoms with Gasteiger partial charge in [-0.25, -0.2) is 4.79 Å². The van der Waals surface area contributed by atoms with Crippen LogP contribution in [0.25, 0.3) is 0 Å². The van der Waals surface area contributed by atoms with Gasteiger partial charge in [0, 0.05) is 13.1 Å². The molecule has 0 saturated carbocycles. The molecule has 0 aromatic heterocycles. The molecule has 1 rings (SSSR count). The van der Waals surface area contributed by atoms with E-state index in [-0.39, 0.29) is 18.4 Å². The third-order valence-corrected chi connectivity index (χ3v) is 2.43. The zero-order chi connectivity index (χ0) is 13.4. The van der Waals surface area contributed by atoms with Gasteiger partial charge in [0.2, 0.25) is 0 Å². The monoisotopic (exact) mass is 248 g/mol. The van der Waals surface area contributed by atoms with Gasteiger partial charge in [-0.15, -0.1) is 0 Å². The first kappa shape index (κ1) is 14.0. The molecular weight excluding hydrogens is 228 g/mol. The number of carbonyl (C=O) groups excluding carboxylic acids is 1. The lowest BCUT2D eigenvalue weighted by Crippen LogP contribution is -2.44. The van der Waals surface area contributed by atoms with Crippen molar-refractivity contribution in [3.63, 3.8) is 0 Å². The van der Waals surface area contributed by atoms with Crippen molar-refractivity contribution in [3.05, 3.63) is 35.9 Å². The Kier molecular flexibility index (Phi) is 5.70. The summed E-state index contributed by atoms with van der Waals surface area (Å²) < 4.78 is 0. The van der Waals surface area contributed by atoms with Crippen LogP contribution in [0.1, 0.15) is 18.9 Å². The largest absolute Gasteiger partial charge is 0.386 e. The molecule has 0 fully saturated rings. The SMILES string of the molecule is CCCN(CC(=N)N)C(=O)NCc1ccccc1. The number of amides is 2. The Morgan fingerprint density at radius 3 is 2.61 bits per heavy atom. The van der Waals surface area contributed by atoms with Crippen LogP contribution < -0.4 is 11.1 Å². The van der Waals surface area contributed by atoms with Crippen molar-refractivity contribution in [1.29, 1.82) is 5.41 Å². The lowest BCUT2D eigenvalue weighted by molar-refractivity contribution is 0.204. The fraction of sp³-hybridized carbons (Fsp3) is 0.385. The van der Waals surface area contributed by atoms with Gasteiger partial charge in [-0.05, 0) is 12.0 Å². The maximum absolute atomic E-state index is 11.9. The first-order valence-corrected chi connectivity index (χ1v) is 6.03. The number of hydrogen-bond acceptors (Lipinski definition) is 2. The predicted molar refractivity (Wildman–Crippen MR) is 72.5 cm³/mol. The summed E-state index contributed by atoms with van der Waals surface area (Å²) in [5.74, 6) is -0.00156. The van der Waals surface area contributed by atoms with Gasteiger partial charge in [0.1, 0.15) is 5.84 Å². The molecule has 0 bridgehead atoms. The zero-order valence-electron chi connectivity index (χ0n) is 10.6. The molecule has 0 aliphatic rings. The van der Waals surface area contributed by atoms with Gasteiger partial charge in [0.05, 0.1) is 6.54 Å². The number of hydrogen-bond donors (Lipinski definition) is 3. The Bertz CT molecular complexity index is 391. The van der Waals surface area contributed by atoms with E-state index in [4.69, 9.17) is 11.1 Å². The number of nitrogens with one attached hydrogen (secondary N) is 2. The van der Waals surface area contributed by atoms with Crippen molar-refractivity contribution in [1.82, 2.24) is 10.2 Å². The van der Waals surface area contributed by atoms with E-state index in [1.165, 1.54) is 0 Å². The Morgan fingerprint density at radius 2 is 2.06 bits per heavy atom. The molecule has 0 saturated heterocycles. The van der Waals surface area contributed by atoms with Crippen molar-refractivity contribution in [2.24, 2.45) is 5.73 Å². The Morgan fingerprint density at radius 1 is 1.39 bits per heavy atom. The molecule has 98 valence electrons. The Balaban J connectivity index is 2.48. The Labute approximate surface area is 107 Å². The average Bonchev–Trinajstić information content (AvgIpc) is 2.36. The fourth-order valence-corrected chi connectivity index (χ4v) is 1.61. The first-order chi connectivity index (χ1) is 8.63. The van der Waals surface area contributed by atoms with Gasteiger partial charge >= 0.3 is 6.03 Å². The Hall–Kier alpha value is -2.04. The molecule has 0 atom stereocenters. The molecule has 0 radical (unpaired) electrons. The standard InChI is InChI=1S/C13H20N4O/c1-2-8-17(10-12(14)15)13(18)16-9-11-6-4-3-5-7-11/h3-7H,2,8-10H2,1H3,(H3,14,15)(H,16,18). The van der Waals surface area contributed by atoms with Crippen LogP contribution in [0.2, 0.25) is 0 Å². The van der Waals surface area contributed by atoms with E-state index in [1.54, 1.807) is 4.90 Å². The van der Waals surface area contributed by atoms with Crippen molar-refractivity contribution >= 4 is 11.9 Å². The van der Waals surface area contributed by atoms with Crippen molar-refractivity contribution in [2.45, 2.75) is 19.9 Å². The third-order valence-electron chi connectivity index (χ3n) is 2.43. The van der Waals surface area contributed by atoms with Gasteiger partial charge in [-0.1, -0.05) is 37.3 Å². The van der Waals surface area contributed by atoms with E-state index >= 15 is 0 Å². The summed E-state index contributed by atoms with van der Waals surface area (Å²) in [5, 5.41) is 10.1. The second-order valence-corrected chi connectivity index (χ2v) is 4.09. The highest BCUT2D eigenvalue weighted by Gasteiger charge is 2.12. The molecule has 0 spiro atoms. The molecule has 5 nitrogen and oxygen atoms in total. The number of carbonyl (C=O) groups is 1. The van der Waals surface area contributed by atoms with Crippen LogP contribution in [0.3, 0.4) is 0 Å². The molecule has 1 aromatic carbocycles. The summed E-state index contributed by atoms with van der Waals surface area (Å²) in [4.78, 5) is 13.5. The number of nitrogens with zero attached hydrogens (tertiary/aromatic N) is 1. The number of nitrogens with two attached hydrogens (primary N) is 1. The maximum Gasteiger partial charge on any atom is 0.318 e. The van der Waals surface area contributed by atoms with Gasteiger partial charge in [-0.2, -0.15) is 0 Å². The summed E-state index contributed by atoms with van der Waals surface area (Å²) in [5.41, 5.74) is 6.38. The van der Waals surface area contributed by atoms with E-state index in [0.29, 0.717) is 13.1 Å². The maximum atomic E-state index is 11.9. The molecule has 0 unspecified atom stereocenters. The van der Waals surface area contributed by atoms with Gasteiger partial charge < -0.3 is 16.0 Å². The van der Waals surface area contributed by atoms with Crippen LogP contribution in [-0.2, 0) is 6.54 Å². The highest BCUT2D eigenvalue weighted by atomic mass is 16.2. The minimum atomic E-state index is -0.184. The quantitative estimate of drug-likeness (QED) is 0.527. The molecule has 0 heterocycles. The fourth-order valence-electron chi connectivity index (χ4n) is 1.61. The zero-order valence-corrected chi connectivity index (χ0v) is 10.6. The number of benzene rings is 1. The van der Waals surface area contributed by atoms with Crippen LogP contribution in [0.15, 0.2) is 30.3 Å². The minimum Gasteiger partial charge on any atom is -0.386 e. The molecule has 5 heteroatoms. The van der Waals surface area contributed by atoms with Gasteiger partial charge in [-0.3, -0.25) is 5.41 Å². The topological polar surface area (TPSA) is 82.2 Å². The molecule has 4 N–H and O–H groups in total. The highest BCUT2D eigenvalue weighted by molar-refractivity contribution is 5.84. The molecular formula is C13H20N4O. The summed E-state index contributed by atoms with van der Waals surface area (Å²) in [6.45, 7) is 3.24. The molecule has 0 aliphatic carbocycles. The molecule has 18 heavy (non-hydrogen) atoms. The highest BCUT2D eigenvalue weighted by Crippen LogP contribution is 1.99. The smallest absolute Gasteiger partial charge is 0.318 e. The second-order valence-electron chi connectivity index (χ2n) is 4.09. The van der Waals surface area contributed by atoms with Crippen molar-refractivity contribution in [3.8, 4) is 0 Å². The molecule has 0 aliphatic heterocycles. The van der Waals surface area contributed by atoms with Crippen molar-refractivity contribution in [2.75, 3.05) is 13.1 Å². The summed E-state index contributed by atoms with van der Waals surface area (Å²) >= 11 is 0. The van der Waals surface area contributed by atoms with Gasteiger partial charge in [0.25, 0.3) is 0 Å². The molecule has 1 aromatic rings. The number of urea groups is 1. The van der Waals surface area contributed by atoms with Crippen LogP contribution in [0, 0.1) is 5.41 Å². The number of rotatable bonds is 6. The average molecular weight is 248 g/mol. The van der Waals surface area contributed by atoms with Crippen molar-refractivity contribution < 1.29 is 4.79 Å². The first-order valence-electron chi connectivity index (χ1n) is 6.03. The van der Waals surface area contributed by atoms with Crippen LogP contribution in [0.5, 0.6) is 0 Å². The van der Waals surface area contributed by atoms with E-state index in [2.05, 4.69) is 5.32 Å². The van der Waals surface area contributed by atoms with Crippen LogP contribution >= 0.6 is 0 Å². The summed E-state index contributed by atoms with van der Waals surface area (Å²) in [6.07, 6.45) is 0.839. The minimum absolute atomic E-state index is 0.00156. The second kappa shape index (κ2) is 7.32. The van der Waals surface area contributed by atoms with E-state index in [1.807, 2.05) is 37.3 Å². The van der Waals surface area contributed by atoms with E-state index in [0.717, 1.165) is 12.0 Å². The summed E-state index contributed by atoms with van der Waals surface area (Å²) in [6, 6.07) is 9.52. The van der Waals surface area contributed by atoms with E-state index < -0.39 is 0 Å². The lowest BCUT2D eigenvalue weighted by atomic mass is 10.2. The molecule has 2 amide bonds. The van der Waals surface area contributed by atoms with E-state index in [9.17, 15) is 4.79 Å². The predicted octanol–water partition coefficient (Wildman–Crippen LogP) is 1.54. The third kappa shape index (κ3) is 4.86. The van der Waals surface area contributed by atoms with Crippen LogP contribution in [0.4, 0.5) is 4.79 Å². The summed E-state index contributed by atoms with van der Waals surface area (Å²) in [7, 11) is 0. The number of amidine groups is 1. The van der Waals surface area contributed by atoms with Gasteiger partial charge in [0.15, 0.2) is 0 Å². The normalized spacial score (nSPS) is 9.83. The lowest BCUT2D eigenvalue weighted by Gasteiger charge is -2.21. The van der Waals surface area contributed by atoms with Crippen LogP contribution in [-0.4, -0.2) is 29.9 Å².